The molecule has 0 saturated carbocycles. The number of nitrogens with one attached hydrogen (secondary N) is 1. The van der Waals surface area contributed by atoms with Gasteiger partial charge < -0.3 is 40.3 Å². The van der Waals surface area contributed by atoms with Gasteiger partial charge in [0.05, 0.1) is 25.4 Å². The maximum atomic E-state index is 13.1. The van der Waals surface area contributed by atoms with E-state index in [1.54, 1.807) is 6.08 Å². The topological polar surface area (TPSA) is 149 Å². The van der Waals surface area contributed by atoms with Crippen LogP contribution in [0.4, 0.5) is 0 Å². The molecule has 9 heteroatoms. The van der Waals surface area contributed by atoms with Gasteiger partial charge in [0.1, 0.15) is 24.4 Å². The van der Waals surface area contributed by atoms with Crippen molar-refractivity contribution >= 4 is 5.91 Å². The minimum absolute atomic E-state index is 0.181. The van der Waals surface area contributed by atoms with Gasteiger partial charge in [-0.05, 0) is 57.8 Å². The van der Waals surface area contributed by atoms with Crippen molar-refractivity contribution in [1.29, 1.82) is 0 Å². The average molecular weight is 1090 g/mol. The van der Waals surface area contributed by atoms with E-state index in [-0.39, 0.29) is 12.5 Å². The Bertz CT molecular complexity index is 1310. The molecular weight excluding hydrogens is 959 g/mol. The van der Waals surface area contributed by atoms with Crippen LogP contribution in [0.15, 0.2) is 36.5 Å². The lowest BCUT2D eigenvalue weighted by Gasteiger charge is -2.40. The Morgan fingerprint density at radius 3 is 1.09 bits per heavy atom. The lowest BCUT2D eigenvalue weighted by atomic mass is 9.99. The van der Waals surface area contributed by atoms with Gasteiger partial charge in [-0.3, -0.25) is 4.79 Å². The first-order valence-corrected chi connectivity index (χ1v) is 33.7. The molecule has 1 amide bonds. The van der Waals surface area contributed by atoms with Gasteiger partial charge in [0.2, 0.25) is 5.91 Å². The van der Waals surface area contributed by atoms with Gasteiger partial charge >= 0.3 is 0 Å². The fourth-order valence-electron chi connectivity index (χ4n) is 10.9. The molecular formula is C68H129NO8. The van der Waals surface area contributed by atoms with Crippen molar-refractivity contribution in [1.82, 2.24) is 5.32 Å². The van der Waals surface area contributed by atoms with Gasteiger partial charge in [0, 0.05) is 6.42 Å². The molecule has 0 spiro atoms. The predicted octanol–water partition coefficient (Wildman–Crippen LogP) is 17.9. The summed E-state index contributed by atoms with van der Waals surface area (Å²) in [4.78, 5) is 13.1. The molecule has 77 heavy (non-hydrogen) atoms. The second-order valence-corrected chi connectivity index (χ2v) is 23.6. The molecule has 0 bridgehead atoms. The van der Waals surface area contributed by atoms with E-state index < -0.39 is 49.5 Å². The van der Waals surface area contributed by atoms with E-state index >= 15 is 0 Å². The molecule has 454 valence electrons. The second-order valence-electron chi connectivity index (χ2n) is 23.6. The zero-order valence-corrected chi connectivity index (χ0v) is 50.7. The molecule has 1 saturated heterocycles. The van der Waals surface area contributed by atoms with Gasteiger partial charge in [0.15, 0.2) is 6.29 Å². The van der Waals surface area contributed by atoms with Gasteiger partial charge in [-0.15, -0.1) is 0 Å². The second kappa shape index (κ2) is 57.6. The van der Waals surface area contributed by atoms with Gasteiger partial charge in [-0.2, -0.15) is 0 Å². The Morgan fingerprint density at radius 2 is 0.740 bits per heavy atom. The highest BCUT2D eigenvalue weighted by atomic mass is 16.7. The summed E-state index contributed by atoms with van der Waals surface area (Å²) in [6, 6.07) is -0.821. The zero-order valence-electron chi connectivity index (χ0n) is 50.7. The maximum absolute atomic E-state index is 13.1. The van der Waals surface area contributed by atoms with Crippen LogP contribution < -0.4 is 5.32 Å². The van der Waals surface area contributed by atoms with E-state index in [4.69, 9.17) is 9.47 Å². The summed E-state index contributed by atoms with van der Waals surface area (Å²) in [7, 11) is 0. The Labute approximate surface area is 476 Å². The summed E-state index contributed by atoms with van der Waals surface area (Å²) in [6.07, 6.45) is 69.7. The number of carbonyl (C=O) groups is 1. The molecule has 0 aromatic carbocycles. The summed E-state index contributed by atoms with van der Waals surface area (Å²) < 4.78 is 11.3. The van der Waals surface area contributed by atoms with Gasteiger partial charge in [-0.25, -0.2) is 0 Å². The summed E-state index contributed by atoms with van der Waals surface area (Å²) >= 11 is 0. The number of hydrogen-bond acceptors (Lipinski definition) is 8. The van der Waals surface area contributed by atoms with Crippen molar-refractivity contribution in [3.05, 3.63) is 36.5 Å². The molecule has 1 aliphatic heterocycles. The van der Waals surface area contributed by atoms with Crippen LogP contribution >= 0.6 is 0 Å². The van der Waals surface area contributed by atoms with Crippen molar-refractivity contribution in [2.45, 2.75) is 378 Å². The molecule has 6 N–H and O–H groups in total. The standard InChI is InChI=1S/C68H129NO8/c1-3-5-7-9-11-13-15-17-19-21-23-24-25-26-27-28-29-30-31-32-33-34-35-36-37-38-40-42-44-46-48-50-52-54-56-58-64(72)69-61(60-76-68-67(75)66(74)65(73)63(59-70)77-68)62(71)57-55-53-51-49-47-45-43-41-39-22-20-18-16-14-12-10-8-6-4-2/h28-29,47,49,55,57,61-63,65-68,70-71,73-75H,3-27,30-46,48,50-54,56,58-60H2,1-2H3,(H,69,72)/b29-28-,49-47+,57-55+. The quantitative estimate of drug-likeness (QED) is 0.0261. The smallest absolute Gasteiger partial charge is 0.220 e. The SMILES string of the molecule is CCCCCCCCCCCCCCC/C=C/CC/C=C/C(O)C(COC1OC(CO)C(O)C(O)C1O)NC(=O)CCCCCCCCCCCCCCCCCCC/C=C\CCCCCCCCCCCCCCCC. The number of hydrogen-bond donors (Lipinski definition) is 6. The van der Waals surface area contributed by atoms with E-state index in [2.05, 4.69) is 43.5 Å². The monoisotopic (exact) mass is 1090 g/mol. The molecule has 9 nitrogen and oxygen atoms in total. The first-order valence-electron chi connectivity index (χ1n) is 33.7. The van der Waals surface area contributed by atoms with Gasteiger partial charge in [-0.1, -0.05) is 307 Å². The van der Waals surface area contributed by atoms with Crippen molar-refractivity contribution in [3.63, 3.8) is 0 Å². The van der Waals surface area contributed by atoms with Crippen molar-refractivity contribution < 1.29 is 39.8 Å². The highest BCUT2D eigenvalue weighted by Crippen LogP contribution is 2.23. The molecule has 1 aliphatic rings. The number of amides is 1. The minimum atomic E-state index is -1.57. The van der Waals surface area contributed by atoms with E-state index in [0.717, 1.165) is 38.5 Å². The molecule has 0 aromatic heterocycles. The van der Waals surface area contributed by atoms with Crippen LogP contribution in [0.25, 0.3) is 0 Å². The number of allylic oxidation sites excluding steroid dienone is 5. The highest BCUT2D eigenvalue weighted by molar-refractivity contribution is 5.76. The Morgan fingerprint density at radius 1 is 0.429 bits per heavy atom. The number of rotatable bonds is 59. The third-order valence-electron chi connectivity index (χ3n) is 16.2. The van der Waals surface area contributed by atoms with Crippen LogP contribution in [0, 0.1) is 0 Å². The molecule has 7 atom stereocenters. The first-order chi connectivity index (χ1) is 37.8. The third kappa shape index (κ3) is 46.7. The fraction of sp³-hybridized carbons (Fsp3) is 0.897. The lowest BCUT2D eigenvalue weighted by molar-refractivity contribution is -0.302. The van der Waals surface area contributed by atoms with Crippen molar-refractivity contribution in [2.75, 3.05) is 13.2 Å². The summed E-state index contributed by atoms with van der Waals surface area (Å²) in [5.41, 5.74) is 0. The Hall–Kier alpha value is -1.59. The van der Waals surface area contributed by atoms with Crippen LogP contribution in [0.3, 0.4) is 0 Å². The number of aliphatic hydroxyl groups is 5. The Balaban J connectivity index is 2.11. The van der Waals surface area contributed by atoms with Crippen LogP contribution in [0.5, 0.6) is 0 Å². The number of ether oxygens (including phenoxy) is 2. The first kappa shape index (κ1) is 73.4. The van der Waals surface area contributed by atoms with Crippen molar-refractivity contribution in [3.8, 4) is 0 Å². The molecule has 1 rings (SSSR count). The lowest BCUT2D eigenvalue weighted by Crippen LogP contribution is -2.60. The third-order valence-corrected chi connectivity index (χ3v) is 16.2. The normalized spacial score (nSPS) is 18.9. The summed E-state index contributed by atoms with van der Waals surface area (Å²) in [6.45, 7) is 3.81. The van der Waals surface area contributed by atoms with E-state index in [0.29, 0.717) is 6.42 Å². The number of unbranched alkanes of at least 4 members (excludes halogenated alkanes) is 45. The molecule has 0 aliphatic carbocycles. The predicted molar refractivity (Wildman–Crippen MR) is 327 cm³/mol. The van der Waals surface area contributed by atoms with Crippen LogP contribution in [-0.4, -0.2) is 87.5 Å². The average Bonchev–Trinajstić information content (AvgIpc) is 3.43. The molecule has 0 radical (unpaired) electrons. The number of aliphatic hydroxyl groups excluding tert-OH is 5. The largest absolute Gasteiger partial charge is 0.394 e. The molecule has 1 fully saturated rings. The fourth-order valence-corrected chi connectivity index (χ4v) is 10.9. The summed E-state index contributed by atoms with van der Waals surface area (Å²) in [5, 5.41) is 54.6. The maximum Gasteiger partial charge on any atom is 0.220 e. The van der Waals surface area contributed by atoms with E-state index in [1.165, 1.54) is 276 Å². The summed E-state index contributed by atoms with van der Waals surface area (Å²) in [5.74, 6) is -0.181. The minimum Gasteiger partial charge on any atom is -0.394 e. The van der Waals surface area contributed by atoms with Gasteiger partial charge in [0.25, 0.3) is 0 Å². The highest BCUT2D eigenvalue weighted by Gasteiger charge is 2.44. The zero-order chi connectivity index (χ0) is 55.8. The van der Waals surface area contributed by atoms with E-state index in [1.807, 2.05) is 6.08 Å². The Kier molecular flexibility index (Phi) is 55.0. The van der Waals surface area contributed by atoms with Crippen LogP contribution in [-0.2, 0) is 14.3 Å². The number of carbonyl (C=O) groups excluding carboxylic acids is 1. The van der Waals surface area contributed by atoms with Crippen molar-refractivity contribution in [2.24, 2.45) is 0 Å². The van der Waals surface area contributed by atoms with E-state index in [9.17, 15) is 30.3 Å². The molecule has 7 unspecified atom stereocenters. The van der Waals surface area contributed by atoms with Crippen LogP contribution in [0.1, 0.15) is 335 Å². The molecule has 0 aromatic rings. The molecule has 1 heterocycles. The van der Waals surface area contributed by atoms with Crippen LogP contribution in [0.2, 0.25) is 0 Å².